The third-order valence-corrected chi connectivity index (χ3v) is 6.70. The first-order valence-corrected chi connectivity index (χ1v) is 12.5. The highest BCUT2D eigenvalue weighted by atomic mass is 35.5. The molecule has 0 saturated carbocycles. The molecule has 36 heavy (non-hydrogen) atoms. The van der Waals surface area contributed by atoms with Crippen molar-refractivity contribution in [1.82, 2.24) is 14.9 Å². The Labute approximate surface area is 217 Å². The normalized spacial score (nSPS) is 11.0. The van der Waals surface area contributed by atoms with E-state index in [0.717, 1.165) is 55.6 Å². The van der Waals surface area contributed by atoms with Gasteiger partial charge in [-0.2, -0.15) is 0 Å². The van der Waals surface area contributed by atoms with E-state index in [4.69, 9.17) is 26.1 Å². The summed E-state index contributed by atoms with van der Waals surface area (Å²) < 4.78 is 13.9. The minimum absolute atomic E-state index is 0.0194. The summed E-state index contributed by atoms with van der Waals surface area (Å²) >= 11 is 6.28. The minimum Gasteiger partial charge on any atom is -0.492 e. The maximum absolute atomic E-state index is 12.4. The lowest BCUT2D eigenvalue weighted by atomic mass is 10.1. The molecule has 0 radical (unpaired) electrons. The topological polar surface area (TPSA) is 65.4 Å². The number of fused-ring (bicyclic) bond motifs is 1. The fourth-order valence-electron chi connectivity index (χ4n) is 4.18. The Bertz CT molecular complexity index is 1360. The van der Waals surface area contributed by atoms with Gasteiger partial charge in [0, 0.05) is 18.0 Å². The molecule has 4 rings (SSSR count). The van der Waals surface area contributed by atoms with Crippen LogP contribution in [0.5, 0.6) is 11.5 Å². The Morgan fingerprint density at radius 3 is 2.50 bits per heavy atom. The Kier molecular flexibility index (Phi) is 8.16. The zero-order valence-corrected chi connectivity index (χ0v) is 22.0. The molecule has 3 aromatic carbocycles. The van der Waals surface area contributed by atoms with E-state index in [0.29, 0.717) is 26.1 Å². The average molecular weight is 506 g/mol. The number of para-hydroxylation sites is 2. The summed E-state index contributed by atoms with van der Waals surface area (Å²) in [4.78, 5) is 17.2. The van der Waals surface area contributed by atoms with Gasteiger partial charge in [-0.25, -0.2) is 4.98 Å². The van der Waals surface area contributed by atoms with Crippen molar-refractivity contribution in [2.24, 2.45) is 0 Å². The highest BCUT2D eigenvalue weighted by Crippen LogP contribution is 2.26. The first kappa shape index (κ1) is 25.6. The van der Waals surface area contributed by atoms with Gasteiger partial charge in [0.15, 0.2) is 6.61 Å². The number of halogens is 1. The number of imidazole rings is 1. The maximum Gasteiger partial charge on any atom is 0.257 e. The van der Waals surface area contributed by atoms with Crippen LogP contribution in [0.4, 0.5) is 0 Å². The number of hydrogen-bond acceptors (Lipinski definition) is 4. The van der Waals surface area contributed by atoms with Crippen LogP contribution in [-0.2, 0) is 17.8 Å². The fraction of sp³-hybridized carbons (Fsp3) is 0.310. The Balaban J connectivity index is 1.35. The van der Waals surface area contributed by atoms with Crippen LogP contribution in [0.15, 0.2) is 54.6 Å². The lowest BCUT2D eigenvalue weighted by molar-refractivity contribution is -0.123. The molecule has 1 N–H and O–H groups in total. The number of rotatable bonds is 10. The summed E-state index contributed by atoms with van der Waals surface area (Å²) in [6, 6.07) is 17.9. The van der Waals surface area contributed by atoms with E-state index in [2.05, 4.69) is 16.0 Å². The van der Waals surface area contributed by atoms with Gasteiger partial charge >= 0.3 is 0 Å². The van der Waals surface area contributed by atoms with Crippen molar-refractivity contribution in [2.75, 3.05) is 19.8 Å². The number of carbonyl (C=O) groups is 1. The van der Waals surface area contributed by atoms with E-state index >= 15 is 0 Å². The first-order chi connectivity index (χ1) is 17.3. The summed E-state index contributed by atoms with van der Waals surface area (Å²) in [6.45, 7) is 9.50. The Morgan fingerprint density at radius 2 is 1.72 bits per heavy atom. The van der Waals surface area contributed by atoms with E-state index in [9.17, 15) is 4.79 Å². The van der Waals surface area contributed by atoms with Crippen molar-refractivity contribution in [2.45, 2.75) is 40.7 Å². The van der Waals surface area contributed by atoms with Crippen molar-refractivity contribution in [3.05, 3.63) is 87.7 Å². The highest BCUT2D eigenvalue weighted by Gasteiger charge is 2.12. The molecule has 4 aromatic rings. The number of amides is 1. The van der Waals surface area contributed by atoms with Crippen LogP contribution >= 0.6 is 11.6 Å². The summed E-state index contributed by atoms with van der Waals surface area (Å²) in [5, 5.41) is 3.72. The predicted octanol–water partition coefficient (Wildman–Crippen LogP) is 5.74. The molecule has 0 aliphatic carbocycles. The van der Waals surface area contributed by atoms with Gasteiger partial charge in [0.25, 0.3) is 5.91 Å². The molecular formula is C29H32ClN3O3. The van der Waals surface area contributed by atoms with Crippen molar-refractivity contribution < 1.29 is 14.3 Å². The van der Waals surface area contributed by atoms with Gasteiger partial charge in [0.05, 0.1) is 17.6 Å². The molecular weight excluding hydrogens is 474 g/mol. The van der Waals surface area contributed by atoms with E-state index in [1.165, 1.54) is 0 Å². The lowest BCUT2D eigenvalue weighted by Gasteiger charge is -2.13. The van der Waals surface area contributed by atoms with Gasteiger partial charge in [-0.1, -0.05) is 35.9 Å². The monoisotopic (exact) mass is 505 g/mol. The van der Waals surface area contributed by atoms with Crippen LogP contribution in [0.3, 0.4) is 0 Å². The largest absolute Gasteiger partial charge is 0.492 e. The van der Waals surface area contributed by atoms with Gasteiger partial charge < -0.3 is 19.4 Å². The second-order valence-electron chi connectivity index (χ2n) is 9.05. The molecule has 0 unspecified atom stereocenters. The maximum atomic E-state index is 12.4. The van der Waals surface area contributed by atoms with Gasteiger partial charge in [0.1, 0.15) is 23.9 Å². The zero-order valence-electron chi connectivity index (χ0n) is 21.2. The number of ether oxygens (including phenoxy) is 2. The molecule has 0 saturated heterocycles. The van der Waals surface area contributed by atoms with Gasteiger partial charge in [-0.05, 0) is 80.3 Å². The average Bonchev–Trinajstić information content (AvgIpc) is 3.20. The Hall–Kier alpha value is -3.51. The number of aryl methyl sites for hydroxylation is 4. The van der Waals surface area contributed by atoms with Crippen LogP contribution in [-0.4, -0.2) is 35.2 Å². The molecule has 0 aliphatic heterocycles. The second-order valence-corrected chi connectivity index (χ2v) is 9.42. The number of aromatic nitrogens is 2. The standard InChI is InChI=1S/C29H32ClN3O3/c1-19-9-10-20(2)26(15-19)36-18-28(34)31-12-11-27-32-24-7-5-6-8-25(24)33(27)13-14-35-23-16-21(3)29(30)22(4)17-23/h5-10,15-17H,11-14,18H2,1-4H3,(H,31,34). The van der Waals surface area contributed by atoms with E-state index in [1.807, 2.05) is 76.2 Å². The molecule has 188 valence electrons. The predicted molar refractivity (Wildman–Crippen MR) is 144 cm³/mol. The van der Waals surface area contributed by atoms with E-state index < -0.39 is 0 Å². The molecule has 6 nitrogen and oxygen atoms in total. The third kappa shape index (κ3) is 6.18. The van der Waals surface area contributed by atoms with Gasteiger partial charge in [0.2, 0.25) is 0 Å². The van der Waals surface area contributed by atoms with Crippen LogP contribution in [0.2, 0.25) is 5.02 Å². The van der Waals surface area contributed by atoms with Crippen LogP contribution in [0.1, 0.15) is 28.1 Å². The number of nitrogens with one attached hydrogen (secondary N) is 1. The van der Waals surface area contributed by atoms with Crippen LogP contribution in [0, 0.1) is 27.7 Å². The molecule has 0 atom stereocenters. The van der Waals surface area contributed by atoms with Crippen molar-refractivity contribution >= 4 is 28.5 Å². The summed E-state index contributed by atoms with van der Waals surface area (Å²) in [6.07, 6.45) is 0.600. The molecule has 1 heterocycles. The van der Waals surface area contributed by atoms with Crippen LogP contribution < -0.4 is 14.8 Å². The molecule has 0 spiro atoms. The number of hydrogen-bond donors (Lipinski definition) is 1. The van der Waals surface area contributed by atoms with Crippen molar-refractivity contribution in [3.8, 4) is 11.5 Å². The van der Waals surface area contributed by atoms with Gasteiger partial charge in [-0.15, -0.1) is 0 Å². The SMILES string of the molecule is Cc1ccc(C)c(OCC(=O)NCCc2nc3ccccc3n2CCOc2cc(C)c(Cl)c(C)c2)c1. The quantitative estimate of drug-likeness (QED) is 0.298. The third-order valence-electron chi connectivity index (χ3n) is 6.10. The lowest BCUT2D eigenvalue weighted by Crippen LogP contribution is -2.31. The number of benzene rings is 3. The number of carbonyl (C=O) groups excluding carboxylic acids is 1. The molecule has 1 aromatic heterocycles. The smallest absolute Gasteiger partial charge is 0.257 e. The fourth-order valence-corrected chi connectivity index (χ4v) is 4.29. The summed E-state index contributed by atoms with van der Waals surface area (Å²) in [7, 11) is 0. The molecule has 0 bridgehead atoms. The van der Waals surface area contributed by atoms with Crippen molar-refractivity contribution in [3.63, 3.8) is 0 Å². The molecule has 7 heteroatoms. The summed E-state index contributed by atoms with van der Waals surface area (Å²) in [5.41, 5.74) is 6.07. The highest BCUT2D eigenvalue weighted by molar-refractivity contribution is 6.32. The minimum atomic E-state index is -0.157. The van der Waals surface area contributed by atoms with E-state index in [-0.39, 0.29) is 12.5 Å². The molecule has 0 aliphatic rings. The second kappa shape index (κ2) is 11.5. The van der Waals surface area contributed by atoms with E-state index in [1.54, 1.807) is 0 Å². The Morgan fingerprint density at radius 1 is 0.972 bits per heavy atom. The van der Waals surface area contributed by atoms with Gasteiger partial charge in [-0.3, -0.25) is 4.79 Å². The molecule has 0 fully saturated rings. The molecule has 1 amide bonds. The summed E-state index contributed by atoms with van der Waals surface area (Å²) in [5.74, 6) is 2.28. The zero-order chi connectivity index (χ0) is 25.7. The van der Waals surface area contributed by atoms with Crippen LogP contribution in [0.25, 0.3) is 11.0 Å². The number of nitrogens with zero attached hydrogens (tertiary/aromatic N) is 2. The van der Waals surface area contributed by atoms with Crippen molar-refractivity contribution in [1.29, 1.82) is 0 Å². The first-order valence-electron chi connectivity index (χ1n) is 12.1.